The fraction of sp³-hybridized carbons (Fsp3) is 0.278. The predicted octanol–water partition coefficient (Wildman–Crippen LogP) is 2.86. The highest BCUT2D eigenvalue weighted by Crippen LogP contribution is 2.27. The van der Waals surface area contributed by atoms with E-state index in [-0.39, 0.29) is 17.2 Å². The van der Waals surface area contributed by atoms with Gasteiger partial charge < -0.3 is 14.4 Å². The third kappa shape index (κ3) is 5.39. The minimum atomic E-state index is -4.95. The molecule has 0 atom stereocenters. The molecule has 156 valence electrons. The molecule has 1 fully saturated rings. The molecule has 2 aromatic rings. The summed E-state index contributed by atoms with van der Waals surface area (Å²) in [6.07, 6.45) is -4.95. The Labute approximate surface area is 165 Å². The van der Waals surface area contributed by atoms with Gasteiger partial charge in [0, 0.05) is 19.2 Å². The minimum absolute atomic E-state index is 0.0196. The Kier molecular flexibility index (Phi) is 5.99. The number of sulfonamides is 1. The van der Waals surface area contributed by atoms with Crippen molar-refractivity contribution in [2.45, 2.75) is 11.3 Å². The lowest BCUT2D eigenvalue weighted by molar-refractivity contribution is -0.274. The second kappa shape index (κ2) is 8.29. The van der Waals surface area contributed by atoms with Crippen molar-refractivity contribution in [1.82, 2.24) is 4.90 Å². The maximum atomic E-state index is 12.7. The van der Waals surface area contributed by atoms with Crippen molar-refractivity contribution in [3.63, 3.8) is 0 Å². The summed E-state index contributed by atoms with van der Waals surface area (Å²) >= 11 is 0. The van der Waals surface area contributed by atoms with Crippen molar-refractivity contribution < 1.29 is 35.9 Å². The first-order chi connectivity index (χ1) is 13.7. The molecule has 0 radical (unpaired) electrons. The number of halogens is 3. The Morgan fingerprint density at radius 1 is 1.07 bits per heavy atom. The van der Waals surface area contributed by atoms with Crippen LogP contribution in [-0.4, -0.2) is 51.9 Å². The summed E-state index contributed by atoms with van der Waals surface area (Å²) in [4.78, 5) is 13.8. The maximum Gasteiger partial charge on any atom is 0.573 e. The molecule has 2 aromatic carbocycles. The monoisotopic (exact) mass is 430 g/mol. The lowest BCUT2D eigenvalue weighted by Gasteiger charge is -2.27. The standard InChI is InChI=1S/C18H17F3N2O5S/c19-18(20,21)28-13-4-3-5-14(12-13)29(25,26)22-16-7-2-1-6-15(16)17(24)23-8-10-27-11-9-23/h1-7,12,22H,8-11H2. The van der Waals surface area contributed by atoms with E-state index in [0.29, 0.717) is 26.3 Å². The molecular weight excluding hydrogens is 413 g/mol. The number of para-hydroxylation sites is 1. The van der Waals surface area contributed by atoms with E-state index in [1.54, 1.807) is 6.07 Å². The van der Waals surface area contributed by atoms with Crippen molar-refractivity contribution in [2.24, 2.45) is 0 Å². The Morgan fingerprint density at radius 3 is 2.45 bits per heavy atom. The zero-order chi connectivity index (χ0) is 21.1. The van der Waals surface area contributed by atoms with Crippen LogP contribution in [0.5, 0.6) is 5.75 Å². The smallest absolute Gasteiger partial charge is 0.406 e. The van der Waals surface area contributed by atoms with Gasteiger partial charge >= 0.3 is 6.36 Å². The largest absolute Gasteiger partial charge is 0.573 e. The molecule has 7 nitrogen and oxygen atoms in total. The second-order valence-corrected chi connectivity index (χ2v) is 7.76. The van der Waals surface area contributed by atoms with Gasteiger partial charge in [0.05, 0.1) is 29.4 Å². The van der Waals surface area contributed by atoms with Gasteiger partial charge in [-0.15, -0.1) is 13.2 Å². The van der Waals surface area contributed by atoms with Crippen molar-refractivity contribution in [3.05, 3.63) is 54.1 Å². The van der Waals surface area contributed by atoms with E-state index in [1.807, 2.05) is 0 Å². The Morgan fingerprint density at radius 2 is 1.76 bits per heavy atom. The van der Waals surface area contributed by atoms with Crippen LogP contribution < -0.4 is 9.46 Å². The predicted molar refractivity (Wildman–Crippen MR) is 97.1 cm³/mol. The maximum absolute atomic E-state index is 12.7. The van der Waals surface area contributed by atoms with E-state index in [9.17, 15) is 26.4 Å². The number of carbonyl (C=O) groups excluding carboxylic acids is 1. The Bertz CT molecular complexity index is 989. The topological polar surface area (TPSA) is 84.9 Å². The summed E-state index contributed by atoms with van der Waals surface area (Å²) in [5.74, 6) is -1.04. The number of hydrogen-bond acceptors (Lipinski definition) is 5. The van der Waals surface area contributed by atoms with Crippen molar-refractivity contribution in [3.8, 4) is 5.75 Å². The van der Waals surface area contributed by atoms with E-state index in [1.165, 1.54) is 23.1 Å². The van der Waals surface area contributed by atoms with Crippen LogP contribution in [0.15, 0.2) is 53.4 Å². The van der Waals surface area contributed by atoms with Crippen LogP contribution in [0, 0.1) is 0 Å². The van der Waals surface area contributed by atoms with Gasteiger partial charge in [0.1, 0.15) is 5.75 Å². The molecule has 1 aliphatic heterocycles. The van der Waals surface area contributed by atoms with Crippen LogP contribution in [0.3, 0.4) is 0 Å². The van der Waals surface area contributed by atoms with Gasteiger partial charge in [-0.2, -0.15) is 0 Å². The van der Waals surface area contributed by atoms with E-state index in [0.717, 1.165) is 24.3 Å². The first kappa shape index (κ1) is 20.9. The second-order valence-electron chi connectivity index (χ2n) is 6.08. The number of alkyl halides is 3. The third-order valence-electron chi connectivity index (χ3n) is 4.05. The number of carbonyl (C=O) groups is 1. The number of hydrogen-bond donors (Lipinski definition) is 1. The first-order valence-corrected chi connectivity index (χ1v) is 9.99. The fourth-order valence-corrected chi connectivity index (χ4v) is 3.85. The molecule has 0 aliphatic carbocycles. The number of anilines is 1. The van der Waals surface area contributed by atoms with Gasteiger partial charge in [-0.25, -0.2) is 8.42 Å². The van der Waals surface area contributed by atoms with Crippen LogP contribution in [-0.2, 0) is 14.8 Å². The summed E-state index contributed by atoms with van der Waals surface area (Å²) < 4.78 is 73.8. The highest BCUT2D eigenvalue weighted by molar-refractivity contribution is 7.92. The van der Waals surface area contributed by atoms with E-state index < -0.39 is 27.0 Å². The summed E-state index contributed by atoms with van der Waals surface area (Å²) in [6.45, 7) is 1.50. The molecule has 0 aromatic heterocycles. The number of nitrogens with one attached hydrogen (secondary N) is 1. The number of ether oxygens (including phenoxy) is 2. The van der Waals surface area contributed by atoms with Crippen molar-refractivity contribution in [1.29, 1.82) is 0 Å². The van der Waals surface area contributed by atoms with Gasteiger partial charge in [-0.3, -0.25) is 9.52 Å². The van der Waals surface area contributed by atoms with Crippen molar-refractivity contribution in [2.75, 3.05) is 31.0 Å². The number of benzene rings is 2. The van der Waals surface area contributed by atoms with Crippen molar-refractivity contribution >= 4 is 21.6 Å². The number of morpholine rings is 1. The van der Waals surface area contributed by atoms with E-state index in [2.05, 4.69) is 9.46 Å². The quantitative estimate of drug-likeness (QED) is 0.789. The molecule has 1 aliphatic rings. The molecule has 11 heteroatoms. The molecule has 0 unspecified atom stereocenters. The molecule has 3 rings (SSSR count). The van der Waals surface area contributed by atoms with Crippen LogP contribution in [0.25, 0.3) is 0 Å². The molecule has 0 bridgehead atoms. The molecule has 29 heavy (non-hydrogen) atoms. The summed E-state index contributed by atoms with van der Waals surface area (Å²) in [7, 11) is -4.27. The van der Waals surface area contributed by atoms with Crippen LogP contribution in [0.1, 0.15) is 10.4 Å². The van der Waals surface area contributed by atoms with Crippen LogP contribution >= 0.6 is 0 Å². The fourth-order valence-electron chi connectivity index (χ4n) is 2.74. The van der Waals surface area contributed by atoms with Gasteiger partial charge in [0.25, 0.3) is 15.9 Å². The average molecular weight is 430 g/mol. The lowest BCUT2D eigenvalue weighted by Crippen LogP contribution is -2.41. The summed E-state index contributed by atoms with van der Waals surface area (Å²) in [5.41, 5.74) is 0.145. The number of rotatable bonds is 5. The molecule has 0 spiro atoms. The highest BCUT2D eigenvalue weighted by atomic mass is 32.2. The minimum Gasteiger partial charge on any atom is -0.406 e. The Hall–Kier alpha value is -2.79. The number of amides is 1. The average Bonchev–Trinajstić information content (AvgIpc) is 2.67. The molecule has 1 N–H and O–H groups in total. The molecule has 0 saturated carbocycles. The Balaban J connectivity index is 1.86. The highest BCUT2D eigenvalue weighted by Gasteiger charge is 2.31. The first-order valence-electron chi connectivity index (χ1n) is 8.50. The summed E-state index contributed by atoms with van der Waals surface area (Å²) in [5, 5.41) is 0. The molecule has 1 heterocycles. The lowest BCUT2D eigenvalue weighted by atomic mass is 10.1. The third-order valence-corrected chi connectivity index (χ3v) is 5.41. The zero-order valence-corrected chi connectivity index (χ0v) is 15.8. The van der Waals surface area contributed by atoms with Gasteiger partial charge in [-0.1, -0.05) is 18.2 Å². The van der Waals surface area contributed by atoms with Crippen LogP contribution in [0.4, 0.5) is 18.9 Å². The SMILES string of the molecule is O=C(c1ccccc1NS(=O)(=O)c1cccc(OC(F)(F)F)c1)N1CCOCC1. The van der Waals surface area contributed by atoms with Crippen LogP contribution in [0.2, 0.25) is 0 Å². The molecule has 1 saturated heterocycles. The zero-order valence-electron chi connectivity index (χ0n) is 15.0. The van der Waals surface area contributed by atoms with Gasteiger partial charge in [0.2, 0.25) is 0 Å². The summed E-state index contributed by atoms with van der Waals surface area (Å²) in [6, 6.07) is 9.99. The van der Waals surface area contributed by atoms with Gasteiger partial charge in [-0.05, 0) is 24.3 Å². The number of nitrogens with zero attached hydrogens (tertiary/aromatic N) is 1. The normalized spacial score (nSPS) is 15.1. The van der Waals surface area contributed by atoms with Gasteiger partial charge in [0.15, 0.2) is 0 Å². The van der Waals surface area contributed by atoms with E-state index >= 15 is 0 Å². The molecule has 1 amide bonds. The van der Waals surface area contributed by atoms with E-state index in [4.69, 9.17) is 4.74 Å². The molecular formula is C18H17F3N2O5S.